The number of amides is 1. The average Bonchev–Trinajstić information content (AvgIpc) is 3.10. The van der Waals surface area contributed by atoms with Gasteiger partial charge in [0.2, 0.25) is 5.91 Å². The van der Waals surface area contributed by atoms with Crippen molar-refractivity contribution in [2.75, 3.05) is 18.8 Å². The van der Waals surface area contributed by atoms with E-state index in [0.717, 1.165) is 31.7 Å². The van der Waals surface area contributed by atoms with Crippen LogP contribution in [0.1, 0.15) is 24.4 Å². The van der Waals surface area contributed by atoms with Crippen molar-refractivity contribution < 1.29 is 4.79 Å². The van der Waals surface area contributed by atoms with E-state index in [2.05, 4.69) is 22.3 Å². The molecule has 1 aromatic heterocycles. The maximum absolute atomic E-state index is 12.2. The van der Waals surface area contributed by atoms with Crippen molar-refractivity contribution in [1.29, 1.82) is 0 Å². The van der Waals surface area contributed by atoms with Gasteiger partial charge in [-0.05, 0) is 18.4 Å². The van der Waals surface area contributed by atoms with E-state index in [0.29, 0.717) is 11.8 Å². The summed E-state index contributed by atoms with van der Waals surface area (Å²) in [6, 6.07) is 10.6. The maximum Gasteiger partial charge on any atom is 0.232 e. The minimum Gasteiger partial charge on any atom is -0.342 e. The number of hydrogen-bond donors (Lipinski definition) is 0. The van der Waals surface area contributed by atoms with E-state index in [-0.39, 0.29) is 5.91 Å². The molecule has 0 unspecified atom stereocenters. The summed E-state index contributed by atoms with van der Waals surface area (Å²) >= 11 is 1.69. The maximum atomic E-state index is 12.2. The van der Waals surface area contributed by atoms with Gasteiger partial charge in [-0.1, -0.05) is 30.3 Å². The third-order valence-electron chi connectivity index (χ3n) is 3.92. The van der Waals surface area contributed by atoms with E-state index in [1.54, 1.807) is 29.0 Å². The van der Waals surface area contributed by atoms with E-state index in [9.17, 15) is 4.79 Å². The van der Waals surface area contributed by atoms with Crippen molar-refractivity contribution in [3.8, 4) is 0 Å². The van der Waals surface area contributed by atoms with Gasteiger partial charge in [0.05, 0.1) is 24.2 Å². The van der Waals surface area contributed by atoms with Gasteiger partial charge in [0.15, 0.2) is 0 Å². The molecule has 1 amide bonds. The van der Waals surface area contributed by atoms with Crippen molar-refractivity contribution >= 4 is 17.7 Å². The molecule has 0 saturated carbocycles. The van der Waals surface area contributed by atoms with Crippen LogP contribution in [0.25, 0.3) is 0 Å². The molecule has 1 aliphatic rings. The zero-order valence-corrected chi connectivity index (χ0v) is 13.3. The summed E-state index contributed by atoms with van der Waals surface area (Å²) in [5.41, 5.74) is 1.27. The number of piperidine rings is 1. The molecule has 0 N–H and O–H groups in total. The number of benzene rings is 1. The summed E-state index contributed by atoms with van der Waals surface area (Å²) in [5.74, 6) is 1.69. The lowest BCUT2D eigenvalue weighted by atomic mass is 10.1. The first kappa shape index (κ1) is 15.1. The Morgan fingerprint density at radius 3 is 2.50 bits per heavy atom. The van der Waals surface area contributed by atoms with E-state index >= 15 is 0 Å². The van der Waals surface area contributed by atoms with Crippen molar-refractivity contribution in [2.45, 2.75) is 24.6 Å². The van der Waals surface area contributed by atoms with E-state index in [1.165, 1.54) is 5.56 Å². The zero-order chi connectivity index (χ0) is 15.2. The lowest BCUT2D eigenvalue weighted by molar-refractivity contribution is -0.129. The van der Waals surface area contributed by atoms with Crippen LogP contribution in [0, 0.1) is 0 Å². The summed E-state index contributed by atoms with van der Waals surface area (Å²) < 4.78 is 0. The SMILES string of the molecule is O=C(CSCc1ccccc1)N1CCC(n2nccn2)CC1. The van der Waals surface area contributed by atoms with E-state index < -0.39 is 0 Å². The fourth-order valence-corrected chi connectivity index (χ4v) is 3.57. The smallest absolute Gasteiger partial charge is 0.232 e. The number of carbonyl (C=O) groups is 1. The average molecular weight is 316 g/mol. The van der Waals surface area contributed by atoms with Crippen LogP contribution in [0.15, 0.2) is 42.7 Å². The Morgan fingerprint density at radius 1 is 1.14 bits per heavy atom. The summed E-state index contributed by atoms with van der Waals surface area (Å²) in [7, 11) is 0. The topological polar surface area (TPSA) is 51.0 Å². The lowest BCUT2D eigenvalue weighted by Crippen LogP contribution is -2.40. The molecule has 2 aromatic rings. The Hall–Kier alpha value is -1.82. The first-order valence-electron chi connectivity index (χ1n) is 7.58. The second kappa shape index (κ2) is 7.45. The van der Waals surface area contributed by atoms with Crippen LogP contribution in [0.5, 0.6) is 0 Å². The lowest BCUT2D eigenvalue weighted by Gasteiger charge is -2.31. The molecule has 0 aliphatic carbocycles. The molecular formula is C16H20N4OS. The van der Waals surface area contributed by atoms with Gasteiger partial charge >= 0.3 is 0 Å². The highest BCUT2D eigenvalue weighted by Crippen LogP contribution is 2.21. The number of thioether (sulfide) groups is 1. The normalized spacial score (nSPS) is 15.9. The second-order valence-corrected chi connectivity index (χ2v) is 6.43. The summed E-state index contributed by atoms with van der Waals surface area (Å²) in [6.45, 7) is 1.61. The Kier molecular flexibility index (Phi) is 5.11. The second-order valence-electron chi connectivity index (χ2n) is 5.44. The number of nitrogens with zero attached hydrogens (tertiary/aromatic N) is 4. The minimum atomic E-state index is 0.243. The zero-order valence-electron chi connectivity index (χ0n) is 12.5. The molecule has 1 fully saturated rings. The molecule has 0 spiro atoms. The standard InChI is InChI=1S/C16H20N4OS/c21-16(13-22-12-14-4-2-1-3-5-14)19-10-6-15(7-11-19)20-17-8-9-18-20/h1-5,8-9,15H,6-7,10-13H2. The Bertz CT molecular complexity index is 579. The molecule has 2 heterocycles. The quantitative estimate of drug-likeness (QED) is 0.850. The summed E-state index contributed by atoms with van der Waals surface area (Å²) in [4.78, 5) is 16.0. The Morgan fingerprint density at radius 2 is 1.82 bits per heavy atom. The fourth-order valence-electron chi connectivity index (χ4n) is 2.68. The van der Waals surface area contributed by atoms with Crippen LogP contribution in [-0.2, 0) is 10.5 Å². The highest BCUT2D eigenvalue weighted by molar-refractivity contribution is 7.99. The van der Waals surface area contributed by atoms with Gasteiger partial charge in [0.25, 0.3) is 0 Å². The van der Waals surface area contributed by atoms with Gasteiger partial charge in [-0.3, -0.25) is 4.79 Å². The molecule has 0 atom stereocenters. The number of aromatic nitrogens is 3. The minimum absolute atomic E-state index is 0.243. The Balaban J connectivity index is 1.40. The van der Waals surface area contributed by atoms with Gasteiger partial charge in [0.1, 0.15) is 0 Å². The van der Waals surface area contributed by atoms with Gasteiger partial charge < -0.3 is 4.90 Å². The monoisotopic (exact) mass is 316 g/mol. The number of hydrogen-bond acceptors (Lipinski definition) is 4. The van der Waals surface area contributed by atoms with Crippen LogP contribution in [0.3, 0.4) is 0 Å². The highest BCUT2D eigenvalue weighted by atomic mass is 32.2. The van der Waals surface area contributed by atoms with Crippen LogP contribution in [-0.4, -0.2) is 44.6 Å². The van der Waals surface area contributed by atoms with E-state index in [4.69, 9.17) is 0 Å². The number of likely N-dealkylation sites (tertiary alicyclic amines) is 1. The molecular weight excluding hydrogens is 296 g/mol. The van der Waals surface area contributed by atoms with Crippen LogP contribution in [0.2, 0.25) is 0 Å². The van der Waals surface area contributed by atoms with Crippen molar-refractivity contribution in [2.24, 2.45) is 0 Å². The summed E-state index contributed by atoms with van der Waals surface area (Å²) in [6.07, 6.45) is 5.28. The first-order valence-corrected chi connectivity index (χ1v) is 8.73. The molecule has 0 bridgehead atoms. The van der Waals surface area contributed by atoms with Gasteiger partial charge in [-0.2, -0.15) is 15.0 Å². The predicted octanol–water partition coefficient (Wildman–Crippen LogP) is 2.38. The van der Waals surface area contributed by atoms with Crippen LogP contribution in [0.4, 0.5) is 0 Å². The number of rotatable bonds is 5. The highest BCUT2D eigenvalue weighted by Gasteiger charge is 2.24. The molecule has 5 nitrogen and oxygen atoms in total. The fraction of sp³-hybridized carbons (Fsp3) is 0.438. The van der Waals surface area contributed by atoms with Gasteiger partial charge in [-0.25, -0.2) is 0 Å². The largest absolute Gasteiger partial charge is 0.342 e. The first-order chi connectivity index (χ1) is 10.8. The van der Waals surface area contributed by atoms with Gasteiger partial charge in [-0.15, -0.1) is 11.8 Å². The summed E-state index contributed by atoms with van der Waals surface area (Å²) in [5, 5.41) is 8.38. The molecule has 1 aliphatic heterocycles. The predicted molar refractivity (Wildman–Crippen MR) is 87.5 cm³/mol. The molecule has 3 rings (SSSR count). The van der Waals surface area contributed by atoms with Crippen LogP contribution >= 0.6 is 11.8 Å². The van der Waals surface area contributed by atoms with Crippen molar-refractivity contribution in [3.63, 3.8) is 0 Å². The molecule has 6 heteroatoms. The van der Waals surface area contributed by atoms with Crippen molar-refractivity contribution in [1.82, 2.24) is 19.9 Å². The van der Waals surface area contributed by atoms with Gasteiger partial charge in [0, 0.05) is 18.8 Å². The molecule has 22 heavy (non-hydrogen) atoms. The molecule has 1 saturated heterocycles. The Labute approximate surface area is 134 Å². The molecule has 0 radical (unpaired) electrons. The van der Waals surface area contributed by atoms with Crippen molar-refractivity contribution in [3.05, 3.63) is 48.3 Å². The van der Waals surface area contributed by atoms with E-state index in [1.807, 2.05) is 23.1 Å². The van der Waals surface area contributed by atoms with Crippen LogP contribution < -0.4 is 0 Å². The third-order valence-corrected chi connectivity index (χ3v) is 4.91. The molecule has 1 aromatic carbocycles. The third kappa shape index (κ3) is 3.88. The number of carbonyl (C=O) groups excluding carboxylic acids is 1. The molecule has 116 valence electrons.